The van der Waals surface area contributed by atoms with Crippen molar-refractivity contribution in [2.24, 2.45) is 0 Å². The van der Waals surface area contributed by atoms with Crippen molar-refractivity contribution in [1.29, 1.82) is 0 Å². The van der Waals surface area contributed by atoms with Crippen molar-refractivity contribution >= 4 is 17.0 Å². The Morgan fingerprint density at radius 2 is 2.12 bits per heavy atom. The van der Waals surface area contributed by atoms with E-state index < -0.39 is 0 Å². The molecule has 0 amide bonds. The van der Waals surface area contributed by atoms with Crippen molar-refractivity contribution in [3.8, 4) is 16.5 Å². The molecule has 0 saturated carbocycles. The number of pyridine rings is 1. The lowest BCUT2D eigenvalue weighted by Crippen LogP contribution is -1.90. The van der Waals surface area contributed by atoms with Crippen LogP contribution in [0.1, 0.15) is 4.88 Å². The molecule has 0 aliphatic heterocycles. The summed E-state index contributed by atoms with van der Waals surface area (Å²) >= 11 is 1.71. The summed E-state index contributed by atoms with van der Waals surface area (Å²) in [5.74, 6) is 1.59. The predicted molar refractivity (Wildman–Crippen MR) is 67.6 cm³/mol. The second-order valence-electron chi connectivity index (χ2n) is 3.70. The van der Waals surface area contributed by atoms with Crippen LogP contribution in [0.4, 0.5) is 0 Å². The van der Waals surface area contributed by atoms with Gasteiger partial charge in [0, 0.05) is 11.1 Å². The van der Waals surface area contributed by atoms with E-state index in [1.165, 1.54) is 4.88 Å². The van der Waals surface area contributed by atoms with Gasteiger partial charge in [-0.3, -0.25) is 4.40 Å². The van der Waals surface area contributed by atoms with Crippen LogP contribution in [-0.2, 0) is 0 Å². The molecule has 17 heavy (non-hydrogen) atoms. The predicted octanol–water partition coefficient (Wildman–Crippen LogP) is 2.77. The number of aromatic nitrogens is 3. The van der Waals surface area contributed by atoms with Crippen molar-refractivity contribution in [2.75, 3.05) is 7.11 Å². The Morgan fingerprint density at radius 3 is 2.82 bits per heavy atom. The van der Waals surface area contributed by atoms with Gasteiger partial charge in [0.25, 0.3) is 0 Å². The van der Waals surface area contributed by atoms with E-state index in [2.05, 4.69) is 29.3 Å². The van der Waals surface area contributed by atoms with Crippen molar-refractivity contribution in [3.63, 3.8) is 0 Å². The quantitative estimate of drug-likeness (QED) is 0.697. The van der Waals surface area contributed by atoms with Gasteiger partial charge in [-0.1, -0.05) is 0 Å². The lowest BCUT2D eigenvalue weighted by molar-refractivity contribution is 0.417. The zero-order chi connectivity index (χ0) is 11.8. The summed E-state index contributed by atoms with van der Waals surface area (Å²) in [5.41, 5.74) is 0.746. The van der Waals surface area contributed by atoms with E-state index >= 15 is 0 Å². The second kappa shape index (κ2) is 3.85. The number of ether oxygens (including phenoxy) is 1. The summed E-state index contributed by atoms with van der Waals surface area (Å²) in [4.78, 5) is 2.38. The normalized spacial score (nSPS) is 10.9. The van der Waals surface area contributed by atoms with Gasteiger partial charge in [-0.05, 0) is 31.2 Å². The molecule has 0 bridgehead atoms. The van der Waals surface area contributed by atoms with E-state index in [0.717, 1.165) is 22.1 Å². The van der Waals surface area contributed by atoms with E-state index in [-0.39, 0.29) is 0 Å². The molecule has 0 unspecified atom stereocenters. The molecular weight excluding hydrogens is 234 g/mol. The molecule has 0 spiro atoms. The van der Waals surface area contributed by atoms with E-state index in [1.54, 1.807) is 18.4 Å². The second-order valence-corrected chi connectivity index (χ2v) is 4.99. The summed E-state index contributed by atoms with van der Waals surface area (Å²) < 4.78 is 7.21. The number of hydrogen-bond donors (Lipinski definition) is 0. The molecule has 0 N–H and O–H groups in total. The monoisotopic (exact) mass is 245 g/mol. The van der Waals surface area contributed by atoms with Gasteiger partial charge in [0.2, 0.25) is 5.65 Å². The molecule has 0 aromatic carbocycles. The Labute approximate surface area is 102 Å². The Hall–Kier alpha value is -1.88. The first-order valence-corrected chi connectivity index (χ1v) is 6.06. The first kappa shape index (κ1) is 10.3. The van der Waals surface area contributed by atoms with Gasteiger partial charge in [0.15, 0.2) is 11.6 Å². The minimum Gasteiger partial charge on any atom is -0.493 e. The Balaban J connectivity index is 2.25. The van der Waals surface area contributed by atoms with Crippen molar-refractivity contribution in [2.45, 2.75) is 6.92 Å². The summed E-state index contributed by atoms with van der Waals surface area (Å²) in [7, 11) is 1.64. The van der Waals surface area contributed by atoms with Crippen LogP contribution in [0.15, 0.2) is 30.5 Å². The SMILES string of the molecule is COc1cccn2c(-c3ccc(C)s3)nnc12. The van der Waals surface area contributed by atoms with Crippen LogP contribution in [0, 0.1) is 6.92 Å². The molecule has 0 aliphatic carbocycles. The lowest BCUT2D eigenvalue weighted by atomic mass is 10.4. The molecule has 86 valence electrons. The molecule has 0 fully saturated rings. The van der Waals surface area contributed by atoms with Crippen LogP contribution >= 0.6 is 11.3 Å². The van der Waals surface area contributed by atoms with Crippen LogP contribution in [-0.4, -0.2) is 21.7 Å². The molecule has 0 radical (unpaired) electrons. The number of hydrogen-bond acceptors (Lipinski definition) is 4. The summed E-state index contributed by atoms with van der Waals surface area (Å²) in [6.45, 7) is 2.08. The van der Waals surface area contributed by atoms with Crippen LogP contribution < -0.4 is 4.74 Å². The van der Waals surface area contributed by atoms with Crippen LogP contribution in [0.25, 0.3) is 16.3 Å². The number of aryl methyl sites for hydroxylation is 1. The van der Waals surface area contributed by atoms with Crippen molar-refractivity contribution in [3.05, 3.63) is 35.3 Å². The third-order valence-electron chi connectivity index (χ3n) is 2.58. The molecule has 0 saturated heterocycles. The Bertz CT molecular complexity index is 671. The molecule has 0 atom stereocenters. The maximum Gasteiger partial charge on any atom is 0.203 e. The largest absolute Gasteiger partial charge is 0.493 e. The molecule has 3 rings (SSSR count). The number of nitrogens with zero attached hydrogens (tertiary/aromatic N) is 3. The molecule has 4 nitrogen and oxygen atoms in total. The molecule has 3 heterocycles. The highest BCUT2D eigenvalue weighted by Gasteiger charge is 2.12. The lowest BCUT2D eigenvalue weighted by Gasteiger charge is -2.01. The summed E-state index contributed by atoms with van der Waals surface area (Å²) in [6.07, 6.45) is 1.95. The third-order valence-corrected chi connectivity index (χ3v) is 3.58. The van der Waals surface area contributed by atoms with Gasteiger partial charge in [-0.25, -0.2) is 0 Å². The van der Waals surface area contributed by atoms with Crippen LogP contribution in [0.3, 0.4) is 0 Å². The average Bonchev–Trinajstić information content (AvgIpc) is 2.94. The first-order chi connectivity index (χ1) is 8.29. The van der Waals surface area contributed by atoms with Crippen molar-refractivity contribution < 1.29 is 4.74 Å². The Morgan fingerprint density at radius 1 is 1.24 bits per heavy atom. The minimum absolute atomic E-state index is 0.736. The van der Waals surface area contributed by atoms with E-state index in [9.17, 15) is 0 Å². The summed E-state index contributed by atoms with van der Waals surface area (Å²) in [6, 6.07) is 7.96. The highest BCUT2D eigenvalue weighted by atomic mass is 32.1. The molecular formula is C12H11N3OS. The average molecular weight is 245 g/mol. The van der Waals surface area contributed by atoms with Gasteiger partial charge in [0.05, 0.1) is 12.0 Å². The maximum absolute atomic E-state index is 5.26. The topological polar surface area (TPSA) is 39.4 Å². The van der Waals surface area contributed by atoms with Crippen LogP contribution in [0.2, 0.25) is 0 Å². The fourth-order valence-electron chi connectivity index (χ4n) is 1.77. The van der Waals surface area contributed by atoms with E-state index in [1.807, 2.05) is 22.7 Å². The Kier molecular flexibility index (Phi) is 2.33. The summed E-state index contributed by atoms with van der Waals surface area (Å²) in [5, 5.41) is 8.40. The third kappa shape index (κ3) is 1.59. The van der Waals surface area contributed by atoms with E-state index in [0.29, 0.717) is 0 Å². The van der Waals surface area contributed by atoms with E-state index in [4.69, 9.17) is 4.74 Å². The zero-order valence-corrected chi connectivity index (χ0v) is 10.4. The number of methoxy groups -OCH3 is 1. The highest BCUT2D eigenvalue weighted by molar-refractivity contribution is 7.15. The molecule has 3 aromatic heterocycles. The van der Waals surface area contributed by atoms with Crippen LogP contribution in [0.5, 0.6) is 5.75 Å². The maximum atomic E-state index is 5.26. The highest BCUT2D eigenvalue weighted by Crippen LogP contribution is 2.28. The van der Waals surface area contributed by atoms with Gasteiger partial charge in [-0.15, -0.1) is 21.5 Å². The zero-order valence-electron chi connectivity index (χ0n) is 9.54. The number of thiophene rings is 1. The van der Waals surface area contributed by atoms with Gasteiger partial charge in [0.1, 0.15) is 0 Å². The van der Waals surface area contributed by atoms with Gasteiger partial charge < -0.3 is 4.74 Å². The van der Waals surface area contributed by atoms with Gasteiger partial charge in [-0.2, -0.15) is 0 Å². The minimum atomic E-state index is 0.736. The molecule has 3 aromatic rings. The molecule has 0 aliphatic rings. The standard InChI is InChI=1S/C12H11N3OS/c1-8-5-6-10(17-8)12-14-13-11-9(16-2)4-3-7-15(11)12/h3-7H,1-2H3. The number of fused-ring (bicyclic) bond motifs is 1. The first-order valence-electron chi connectivity index (χ1n) is 5.24. The fourth-order valence-corrected chi connectivity index (χ4v) is 2.62. The molecule has 5 heteroatoms. The smallest absolute Gasteiger partial charge is 0.203 e. The van der Waals surface area contributed by atoms with Gasteiger partial charge >= 0.3 is 0 Å². The number of rotatable bonds is 2. The fraction of sp³-hybridized carbons (Fsp3) is 0.167. The van der Waals surface area contributed by atoms with Crippen molar-refractivity contribution in [1.82, 2.24) is 14.6 Å².